The molecule has 33 heavy (non-hydrogen) atoms. The number of hydrogen-bond donors (Lipinski definition) is 0. The Morgan fingerprint density at radius 1 is 1.15 bits per heavy atom. The van der Waals surface area contributed by atoms with Gasteiger partial charge in [-0.05, 0) is 44.0 Å². The van der Waals surface area contributed by atoms with Gasteiger partial charge in [0.15, 0.2) is 23.2 Å². The van der Waals surface area contributed by atoms with Gasteiger partial charge in [0.05, 0.1) is 29.6 Å². The topological polar surface area (TPSA) is 105 Å². The summed E-state index contributed by atoms with van der Waals surface area (Å²) in [6.07, 6.45) is 1.83. The summed E-state index contributed by atoms with van der Waals surface area (Å²) in [4.78, 5) is 28.9. The second-order valence-corrected chi connectivity index (χ2v) is 8.04. The van der Waals surface area contributed by atoms with Crippen molar-refractivity contribution in [1.29, 1.82) is 5.26 Å². The highest BCUT2D eigenvalue weighted by atomic mass is 16.5. The van der Waals surface area contributed by atoms with Crippen LogP contribution in [0.5, 0.6) is 0 Å². The number of piperidine rings is 1. The van der Waals surface area contributed by atoms with Gasteiger partial charge in [-0.1, -0.05) is 24.3 Å². The van der Waals surface area contributed by atoms with Crippen molar-refractivity contribution in [2.45, 2.75) is 31.6 Å². The van der Waals surface area contributed by atoms with Gasteiger partial charge in [0.2, 0.25) is 0 Å². The van der Waals surface area contributed by atoms with Crippen molar-refractivity contribution < 1.29 is 13.9 Å². The summed E-state index contributed by atoms with van der Waals surface area (Å²) in [6.45, 7) is 3.25. The number of carbonyl (C=O) groups excluding carboxylic acids is 1. The van der Waals surface area contributed by atoms with Crippen LogP contribution in [-0.4, -0.2) is 40.6 Å². The van der Waals surface area contributed by atoms with E-state index < -0.39 is 11.9 Å². The third-order valence-electron chi connectivity index (χ3n) is 5.88. The predicted molar refractivity (Wildman–Crippen MR) is 123 cm³/mol. The van der Waals surface area contributed by atoms with Crippen LogP contribution in [0.1, 0.15) is 43.2 Å². The van der Waals surface area contributed by atoms with Gasteiger partial charge >= 0.3 is 5.97 Å². The fraction of sp³-hybridized carbons (Fsp3) is 0.320. The Morgan fingerprint density at radius 2 is 1.88 bits per heavy atom. The molecule has 1 aliphatic heterocycles. The lowest BCUT2D eigenvalue weighted by molar-refractivity contribution is -0.143. The third kappa shape index (κ3) is 3.98. The average molecular weight is 441 g/mol. The number of nitrogens with zero attached hydrogens (tertiary/aromatic N) is 5. The molecule has 0 saturated carbocycles. The van der Waals surface area contributed by atoms with E-state index in [-0.39, 0.29) is 12.5 Å². The average Bonchev–Trinajstić information content (AvgIpc) is 3.29. The number of benzene rings is 2. The van der Waals surface area contributed by atoms with Crippen LogP contribution in [0.3, 0.4) is 0 Å². The van der Waals surface area contributed by atoms with Crippen molar-refractivity contribution in [3.8, 4) is 6.07 Å². The van der Waals surface area contributed by atoms with Crippen LogP contribution >= 0.6 is 0 Å². The van der Waals surface area contributed by atoms with E-state index >= 15 is 0 Å². The van der Waals surface area contributed by atoms with Crippen LogP contribution < -0.4 is 4.90 Å². The lowest BCUT2D eigenvalue weighted by Crippen LogP contribution is -2.36. The van der Waals surface area contributed by atoms with Crippen LogP contribution in [0.2, 0.25) is 0 Å². The standard InChI is InChI=1S/C25H23N5O3/c1-2-32-25(31)17(14-26)22-23(28-19-10-4-3-9-18(19)27-22)30-13-7-8-16(15-30)24-29-20-11-5-6-12-21(20)33-24/h3-6,9-12,16-17H,2,7-8,13,15H2,1H3. The maximum absolute atomic E-state index is 12.6. The van der Waals surface area contributed by atoms with Gasteiger partial charge in [0, 0.05) is 13.1 Å². The molecule has 2 unspecified atom stereocenters. The Labute approximate surface area is 190 Å². The molecule has 1 aliphatic rings. The first-order valence-electron chi connectivity index (χ1n) is 11.1. The molecule has 0 N–H and O–H groups in total. The zero-order valence-corrected chi connectivity index (χ0v) is 18.3. The minimum absolute atomic E-state index is 0.0652. The number of rotatable bonds is 5. The second kappa shape index (κ2) is 8.87. The predicted octanol–water partition coefficient (Wildman–Crippen LogP) is 4.33. The van der Waals surface area contributed by atoms with Crippen molar-refractivity contribution in [2.75, 3.05) is 24.6 Å². The number of fused-ring (bicyclic) bond motifs is 2. The number of esters is 1. The lowest BCUT2D eigenvalue weighted by Gasteiger charge is -2.33. The summed E-state index contributed by atoms with van der Waals surface area (Å²) in [5.41, 5.74) is 3.27. The molecule has 5 rings (SSSR count). The number of oxazole rings is 1. The number of carbonyl (C=O) groups is 1. The number of nitriles is 1. The largest absolute Gasteiger partial charge is 0.465 e. The molecule has 2 aromatic heterocycles. The van der Waals surface area contributed by atoms with E-state index in [1.807, 2.05) is 48.5 Å². The van der Waals surface area contributed by atoms with E-state index in [9.17, 15) is 10.1 Å². The highest BCUT2D eigenvalue weighted by Crippen LogP contribution is 2.34. The van der Waals surface area contributed by atoms with Gasteiger partial charge in [-0.15, -0.1) is 0 Å². The molecule has 8 nitrogen and oxygen atoms in total. The summed E-state index contributed by atoms with van der Waals surface area (Å²) in [5.74, 6) is -0.469. The van der Waals surface area contributed by atoms with Crippen LogP contribution in [-0.2, 0) is 9.53 Å². The van der Waals surface area contributed by atoms with Gasteiger partial charge in [-0.3, -0.25) is 4.79 Å². The van der Waals surface area contributed by atoms with Gasteiger partial charge in [-0.2, -0.15) is 5.26 Å². The molecule has 0 amide bonds. The van der Waals surface area contributed by atoms with E-state index in [0.29, 0.717) is 35.0 Å². The Hall–Kier alpha value is -3.99. The summed E-state index contributed by atoms with van der Waals surface area (Å²) in [5, 5.41) is 9.82. The molecule has 0 aliphatic carbocycles. The number of hydrogen-bond acceptors (Lipinski definition) is 8. The van der Waals surface area contributed by atoms with Crippen molar-refractivity contribution in [1.82, 2.24) is 15.0 Å². The zero-order valence-electron chi connectivity index (χ0n) is 18.3. The lowest BCUT2D eigenvalue weighted by atomic mass is 9.97. The highest BCUT2D eigenvalue weighted by Gasteiger charge is 2.33. The summed E-state index contributed by atoms with van der Waals surface area (Å²) >= 11 is 0. The fourth-order valence-corrected chi connectivity index (χ4v) is 4.32. The highest BCUT2D eigenvalue weighted by molar-refractivity contribution is 5.85. The van der Waals surface area contributed by atoms with Crippen LogP contribution in [0.4, 0.5) is 5.82 Å². The molecular weight excluding hydrogens is 418 g/mol. The first kappa shape index (κ1) is 20.9. The van der Waals surface area contributed by atoms with E-state index in [2.05, 4.69) is 16.0 Å². The summed E-state index contributed by atoms with van der Waals surface area (Å²) in [7, 11) is 0. The quantitative estimate of drug-likeness (QED) is 0.422. The summed E-state index contributed by atoms with van der Waals surface area (Å²) < 4.78 is 11.2. The molecule has 0 bridgehead atoms. The van der Waals surface area contributed by atoms with Crippen LogP contribution in [0.15, 0.2) is 52.9 Å². The first-order chi connectivity index (χ1) is 16.2. The Morgan fingerprint density at radius 3 is 2.61 bits per heavy atom. The molecular formula is C25H23N5O3. The minimum Gasteiger partial charge on any atom is -0.465 e. The van der Waals surface area contributed by atoms with Gasteiger partial charge in [0.1, 0.15) is 11.2 Å². The van der Waals surface area contributed by atoms with E-state index in [4.69, 9.17) is 19.1 Å². The molecule has 1 saturated heterocycles. The number of anilines is 1. The zero-order chi connectivity index (χ0) is 22.8. The van der Waals surface area contributed by atoms with Crippen molar-refractivity contribution >= 4 is 33.9 Å². The SMILES string of the molecule is CCOC(=O)C(C#N)c1nc2ccccc2nc1N1CCCC(c2nc3ccccc3o2)C1. The number of para-hydroxylation sites is 4. The molecule has 4 aromatic rings. The summed E-state index contributed by atoms with van der Waals surface area (Å²) in [6, 6.07) is 17.2. The molecule has 3 heterocycles. The maximum Gasteiger partial charge on any atom is 0.329 e. The molecule has 8 heteroatoms. The van der Waals surface area contributed by atoms with Crippen molar-refractivity contribution in [2.24, 2.45) is 0 Å². The van der Waals surface area contributed by atoms with E-state index in [1.54, 1.807) is 6.92 Å². The normalized spacial score (nSPS) is 17.1. The Balaban J connectivity index is 1.54. The van der Waals surface area contributed by atoms with Gasteiger partial charge in [0.25, 0.3) is 0 Å². The van der Waals surface area contributed by atoms with E-state index in [1.165, 1.54) is 0 Å². The molecule has 0 spiro atoms. The second-order valence-electron chi connectivity index (χ2n) is 8.04. The molecule has 2 atom stereocenters. The minimum atomic E-state index is -1.15. The monoisotopic (exact) mass is 441 g/mol. The Bertz CT molecular complexity index is 1330. The van der Waals surface area contributed by atoms with Crippen LogP contribution in [0, 0.1) is 11.3 Å². The maximum atomic E-state index is 12.6. The molecule has 2 aromatic carbocycles. The van der Waals surface area contributed by atoms with Gasteiger partial charge in [-0.25, -0.2) is 15.0 Å². The van der Waals surface area contributed by atoms with Crippen molar-refractivity contribution in [3.05, 3.63) is 60.1 Å². The van der Waals surface area contributed by atoms with Gasteiger partial charge < -0.3 is 14.1 Å². The first-order valence-corrected chi connectivity index (χ1v) is 11.1. The molecule has 166 valence electrons. The Kier molecular flexibility index (Phi) is 5.61. The van der Waals surface area contributed by atoms with E-state index in [0.717, 1.165) is 30.5 Å². The van der Waals surface area contributed by atoms with Crippen LogP contribution in [0.25, 0.3) is 22.1 Å². The molecule has 1 fully saturated rings. The molecule has 0 radical (unpaired) electrons. The fourth-order valence-electron chi connectivity index (χ4n) is 4.32. The van der Waals surface area contributed by atoms with Crippen molar-refractivity contribution in [3.63, 3.8) is 0 Å². The smallest absolute Gasteiger partial charge is 0.329 e. The number of aromatic nitrogens is 3. The third-order valence-corrected chi connectivity index (χ3v) is 5.88. The number of ether oxygens (including phenoxy) is 1.